The lowest BCUT2D eigenvalue weighted by atomic mass is 9.87. The Balaban J connectivity index is 1.37. The second-order valence-corrected chi connectivity index (χ2v) is 10.9. The molecule has 1 N–H and O–H groups in total. The summed E-state index contributed by atoms with van der Waals surface area (Å²) >= 11 is 1.93. The molecule has 0 bridgehead atoms. The van der Waals surface area contributed by atoms with E-state index in [1.165, 1.54) is 16.7 Å². The van der Waals surface area contributed by atoms with Crippen LogP contribution < -0.4 is 4.72 Å². The van der Waals surface area contributed by atoms with E-state index in [4.69, 9.17) is 0 Å². The van der Waals surface area contributed by atoms with Crippen LogP contribution in [0.2, 0.25) is 0 Å². The maximum atomic E-state index is 11.6. The lowest BCUT2D eigenvalue weighted by molar-refractivity contribution is 0.284. The zero-order valence-corrected chi connectivity index (χ0v) is 18.1. The van der Waals surface area contributed by atoms with Crippen LogP contribution in [0.3, 0.4) is 0 Å². The number of nitrogens with one attached hydrogen (secondary N) is 1. The van der Waals surface area contributed by atoms with Crippen molar-refractivity contribution in [2.45, 2.75) is 23.7 Å². The number of sulfonamides is 1. The van der Waals surface area contributed by atoms with Crippen molar-refractivity contribution < 1.29 is 8.42 Å². The summed E-state index contributed by atoms with van der Waals surface area (Å²) in [5.41, 5.74) is 2.18. The van der Waals surface area contributed by atoms with Gasteiger partial charge in [-0.2, -0.15) is 0 Å². The van der Waals surface area contributed by atoms with Crippen LogP contribution in [0.1, 0.15) is 18.9 Å². The molecular weight excluding hydrogens is 388 g/mol. The number of fused-ring (bicyclic) bond motifs is 1. The number of thioether (sulfide) groups is 1. The second kappa shape index (κ2) is 7.73. The van der Waals surface area contributed by atoms with E-state index < -0.39 is 10.0 Å². The van der Waals surface area contributed by atoms with Gasteiger partial charge in [0.25, 0.3) is 0 Å². The molecule has 150 valence electrons. The third-order valence-corrected chi connectivity index (χ3v) is 7.92. The Bertz CT molecular complexity index is 919. The van der Waals surface area contributed by atoms with Crippen LogP contribution in [0.25, 0.3) is 0 Å². The first-order valence-corrected chi connectivity index (χ1v) is 12.8. The molecule has 1 aliphatic heterocycles. The number of nitrogens with zero attached hydrogens (tertiary/aromatic N) is 1. The molecule has 1 heterocycles. The quantitative estimate of drug-likeness (QED) is 0.660. The highest BCUT2D eigenvalue weighted by Gasteiger charge is 2.67. The van der Waals surface area contributed by atoms with Crippen molar-refractivity contribution in [3.05, 3.63) is 60.2 Å². The van der Waals surface area contributed by atoms with E-state index in [1.807, 2.05) is 30.0 Å². The first-order valence-electron chi connectivity index (χ1n) is 9.91. The fourth-order valence-electron chi connectivity index (χ4n) is 5.05. The predicted octanol–water partition coefficient (Wildman–Crippen LogP) is 4.06. The van der Waals surface area contributed by atoms with E-state index in [0.29, 0.717) is 17.5 Å². The number of likely N-dealkylation sites (tertiary alicyclic amines) is 1. The fraction of sp³-hybridized carbons (Fsp3) is 0.455. The van der Waals surface area contributed by atoms with Crippen LogP contribution >= 0.6 is 11.8 Å². The predicted molar refractivity (Wildman–Crippen MR) is 117 cm³/mol. The Morgan fingerprint density at radius 3 is 2.46 bits per heavy atom. The number of benzene rings is 2. The topological polar surface area (TPSA) is 49.4 Å². The molecule has 0 amide bonds. The molecule has 1 aliphatic carbocycles. The minimum absolute atomic E-state index is 0.221. The average Bonchev–Trinajstić information content (AvgIpc) is 3.04. The van der Waals surface area contributed by atoms with Crippen LogP contribution in [0.15, 0.2) is 59.5 Å². The van der Waals surface area contributed by atoms with Gasteiger partial charge in [-0.05, 0) is 48.1 Å². The van der Waals surface area contributed by atoms with E-state index >= 15 is 0 Å². The molecule has 2 aliphatic rings. The van der Waals surface area contributed by atoms with E-state index in [9.17, 15) is 8.42 Å². The van der Waals surface area contributed by atoms with Crippen molar-refractivity contribution in [2.24, 2.45) is 11.8 Å². The van der Waals surface area contributed by atoms with Gasteiger partial charge in [-0.25, -0.2) is 8.42 Å². The normalized spacial score (nSPS) is 26.8. The van der Waals surface area contributed by atoms with Gasteiger partial charge in [0.15, 0.2) is 0 Å². The lowest BCUT2D eigenvalue weighted by Gasteiger charge is -2.26. The summed E-state index contributed by atoms with van der Waals surface area (Å²) < 4.78 is 25.8. The fourth-order valence-corrected chi connectivity index (χ4v) is 6.54. The number of hydrogen-bond acceptors (Lipinski definition) is 4. The maximum Gasteiger partial charge on any atom is 0.229 e. The van der Waals surface area contributed by atoms with Gasteiger partial charge in [0.2, 0.25) is 10.0 Å². The molecule has 2 aromatic rings. The molecule has 1 saturated heterocycles. The molecule has 0 radical (unpaired) electrons. The summed E-state index contributed by atoms with van der Waals surface area (Å²) in [4.78, 5) is 3.93. The Hall–Kier alpha value is -1.50. The van der Waals surface area contributed by atoms with Gasteiger partial charge in [0, 0.05) is 41.4 Å². The molecule has 4 nitrogen and oxygen atoms in total. The van der Waals surface area contributed by atoms with Gasteiger partial charge < -0.3 is 4.90 Å². The minimum Gasteiger partial charge on any atom is -0.302 e. The van der Waals surface area contributed by atoms with Crippen LogP contribution in [-0.2, 0) is 15.4 Å². The Morgan fingerprint density at radius 2 is 1.82 bits per heavy atom. The van der Waals surface area contributed by atoms with Crippen molar-refractivity contribution >= 4 is 27.5 Å². The molecule has 6 heteroatoms. The third-order valence-electron chi connectivity index (χ3n) is 6.32. The summed E-state index contributed by atoms with van der Waals surface area (Å²) in [7, 11) is -3.25. The van der Waals surface area contributed by atoms with Crippen LogP contribution in [0.5, 0.6) is 0 Å². The highest BCUT2D eigenvalue weighted by Crippen LogP contribution is 2.65. The summed E-state index contributed by atoms with van der Waals surface area (Å²) in [5.74, 6) is 2.50. The number of anilines is 1. The second-order valence-electron chi connectivity index (χ2n) is 7.98. The van der Waals surface area contributed by atoms with Crippen LogP contribution in [0, 0.1) is 11.8 Å². The van der Waals surface area contributed by atoms with Crippen molar-refractivity contribution in [2.75, 3.05) is 36.4 Å². The average molecular weight is 417 g/mol. The highest BCUT2D eigenvalue weighted by atomic mass is 32.2. The molecule has 2 atom stereocenters. The Morgan fingerprint density at radius 1 is 1.11 bits per heavy atom. The van der Waals surface area contributed by atoms with E-state index in [-0.39, 0.29) is 5.41 Å². The van der Waals surface area contributed by atoms with Gasteiger partial charge in [-0.15, -0.1) is 11.8 Å². The molecule has 0 spiro atoms. The van der Waals surface area contributed by atoms with Gasteiger partial charge in [0.1, 0.15) is 0 Å². The Kier molecular flexibility index (Phi) is 5.47. The molecule has 4 rings (SSSR count). The third kappa shape index (κ3) is 3.95. The number of piperidine rings is 1. The van der Waals surface area contributed by atoms with Gasteiger partial charge >= 0.3 is 0 Å². The smallest absolute Gasteiger partial charge is 0.229 e. The number of rotatable bonds is 8. The van der Waals surface area contributed by atoms with E-state index in [1.54, 1.807) is 0 Å². The molecule has 0 aromatic heterocycles. The monoisotopic (exact) mass is 416 g/mol. The molecular formula is C22H28N2O2S2. The summed E-state index contributed by atoms with van der Waals surface area (Å²) in [6.07, 6.45) is 2.31. The SMILES string of the molecule is CCC1(c2cccc(NS(C)(=O)=O)c2)C2CN(CCSc3ccccc3)CC21. The summed E-state index contributed by atoms with van der Waals surface area (Å²) in [6, 6.07) is 18.6. The zero-order valence-electron chi connectivity index (χ0n) is 16.5. The first kappa shape index (κ1) is 19.8. The molecule has 2 aromatic carbocycles. The largest absolute Gasteiger partial charge is 0.302 e. The van der Waals surface area contributed by atoms with Crippen molar-refractivity contribution in [1.82, 2.24) is 4.90 Å². The summed E-state index contributed by atoms with van der Waals surface area (Å²) in [5, 5.41) is 0. The highest BCUT2D eigenvalue weighted by molar-refractivity contribution is 7.99. The molecule has 28 heavy (non-hydrogen) atoms. The maximum absolute atomic E-state index is 11.6. The van der Waals surface area contributed by atoms with Crippen LogP contribution in [-0.4, -0.2) is 45.0 Å². The van der Waals surface area contributed by atoms with Crippen molar-refractivity contribution in [3.8, 4) is 0 Å². The van der Waals surface area contributed by atoms with Gasteiger partial charge in [-0.1, -0.05) is 37.3 Å². The van der Waals surface area contributed by atoms with Gasteiger partial charge in [-0.3, -0.25) is 4.72 Å². The molecule has 1 saturated carbocycles. The first-order chi connectivity index (χ1) is 13.4. The summed E-state index contributed by atoms with van der Waals surface area (Å²) in [6.45, 7) is 5.70. The zero-order chi connectivity index (χ0) is 19.8. The Labute approximate surface area is 172 Å². The van der Waals surface area contributed by atoms with Gasteiger partial charge in [0.05, 0.1) is 6.26 Å². The molecule has 2 unspecified atom stereocenters. The standard InChI is InChI=1S/C22H28N2O2S2/c1-3-22(17-8-7-9-18(14-17)23-28(2,25)26)20-15-24(16-21(20)22)12-13-27-19-10-5-4-6-11-19/h4-11,14,20-21,23H,3,12-13,15-16H2,1-2H3. The van der Waals surface area contributed by atoms with E-state index in [0.717, 1.165) is 31.8 Å². The number of hydrogen-bond donors (Lipinski definition) is 1. The van der Waals surface area contributed by atoms with E-state index in [2.05, 4.69) is 52.9 Å². The lowest BCUT2D eigenvalue weighted by Crippen LogP contribution is -2.31. The minimum atomic E-state index is -3.25. The van der Waals surface area contributed by atoms with Crippen molar-refractivity contribution in [1.29, 1.82) is 0 Å². The van der Waals surface area contributed by atoms with Crippen molar-refractivity contribution in [3.63, 3.8) is 0 Å². The van der Waals surface area contributed by atoms with Crippen LogP contribution in [0.4, 0.5) is 5.69 Å². The molecule has 2 fully saturated rings.